The van der Waals surface area contributed by atoms with Gasteiger partial charge in [0.2, 0.25) is 0 Å². The van der Waals surface area contributed by atoms with E-state index in [4.69, 9.17) is 4.98 Å². The summed E-state index contributed by atoms with van der Waals surface area (Å²) >= 11 is 3.68. The highest BCUT2D eigenvalue weighted by molar-refractivity contribution is 7.28. The fourth-order valence-corrected chi connectivity index (χ4v) is 7.70. The van der Waals surface area contributed by atoms with Crippen LogP contribution in [0.25, 0.3) is 68.5 Å². The lowest BCUT2D eigenvalue weighted by atomic mass is 10.1. The monoisotopic (exact) mass is 482 g/mol. The normalized spacial score (nSPS) is 12.0. The van der Waals surface area contributed by atoms with E-state index >= 15 is 0 Å². The van der Waals surface area contributed by atoms with Gasteiger partial charge in [-0.15, -0.1) is 22.7 Å². The molecule has 0 N–H and O–H groups in total. The van der Waals surface area contributed by atoms with Crippen molar-refractivity contribution in [2.75, 3.05) is 0 Å². The lowest BCUT2D eigenvalue weighted by Gasteiger charge is -2.07. The van der Waals surface area contributed by atoms with Crippen molar-refractivity contribution in [3.8, 4) is 16.3 Å². The summed E-state index contributed by atoms with van der Waals surface area (Å²) in [6, 6.07) is 39.1. The third kappa shape index (κ3) is 2.72. The van der Waals surface area contributed by atoms with Crippen molar-refractivity contribution >= 4 is 74.9 Å². The summed E-state index contributed by atoms with van der Waals surface area (Å²) in [7, 11) is 0. The standard InChI is InChI=1S/C31H18N2S2/c1-2-9-19(10-3-1)33-24-14-6-4-11-20(24)28-22(13-8-15-25(28)33)31-32-23-17-18-27-29(30(23)35-31)21-12-5-7-16-26(21)34-27/h1-18H. The van der Waals surface area contributed by atoms with Crippen LogP contribution in [0.5, 0.6) is 0 Å². The minimum atomic E-state index is 1.07. The van der Waals surface area contributed by atoms with Crippen LogP contribution in [0.2, 0.25) is 0 Å². The number of aromatic nitrogens is 2. The number of thiazole rings is 1. The van der Waals surface area contributed by atoms with Gasteiger partial charge < -0.3 is 4.57 Å². The van der Waals surface area contributed by atoms with Crippen molar-refractivity contribution in [1.82, 2.24) is 9.55 Å². The van der Waals surface area contributed by atoms with Gasteiger partial charge in [-0.25, -0.2) is 4.98 Å². The van der Waals surface area contributed by atoms with E-state index in [2.05, 4.69) is 114 Å². The second-order valence-corrected chi connectivity index (χ2v) is 10.9. The van der Waals surface area contributed by atoms with E-state index in [1.807, 2.05) is 22.7 Å². The van der Waals surface area contributed by atoms with Crippen molar-refractivity contribution in [2.24, 2.45) is 0 Å². The van der Waals surface area contributed by atoms with Crippen LogP contribution in [0.4, 0.5) is 0 Å². The van der Waals surface area contributed by atoms with Crippen LogP contribution in [0, 0.1) is 0 Å². The molecule has 8 rings (SSSR count). The smallest absolute Gasteiger partial charge is 0.125 e. The van der Waals surface area contributed by atoms with Crippen molar-refractivity contribution in [3.05, 3.63) is 109 Å². The molecule has 0 amide bonds. The van der Waals surface area contributed by atoms with E-state index in [1.165, 1.54) is 57.9 Å². The minimum Gasteiger partial charge on any atom is -0.309 e. The molecule has 3 aromatic heterocycles. The number of hydrogen-bond donors (Lipinski definition) is 0. The lowest BCUT2D eigenvalue weighted by Crippen LogP contribution is -1.92. The van der Waals surface area contributed by atoms with Gasteiger partial charge >= 0.3 is 0 Å². The Morgan fingerprint density at radius 1 is 0.543 bits per heavy atom. The third-order valence-corrected chi connectivity index (χ3v) is 9.10. The third-order valence-electron chi connectivity index (χ3n) is 6.84. The molecule has 8 aromatic rings. The topological polar surface area (TPSA) is 17.8 Å². The maximum atomic E-state index is 5.17. The lowest BCUT2D eigenvalue weighted by molar-refractivity contribution is 1.18. The molecule has 0 aliphatic rings. The van der Waals surface area contributed by atoms with Gasteiger partial charge in [0.15, 0.2) is 0 Å². The Hall–Kier alpha value is -3.99. The molecule has 0 atom stereocenters. The van der Waals surface area contributed by atoms with Gasteiger partial charge in [-0.05, 0) is 42.5 Å². The molecule has 4 heteroatoms. The molecule has 0 aliphatic heterocycles. The SMILES string of the molecule is c1ccc(-n2c3ccccc3c3c(-c4nc5ccc6sc7ccccc7c6c5s4)cccc32)cc1. The van der Waals surface area contributed by atoms with Crippen molar-refractivity contribution in [3.63, 3.8) is 0 Å². The van der Waals surface area contributed by atoms with E-state index in [0.29, 0.717) is 0 Å². The molecule has 2 nitrogen and oxygen atoms in total. The van der Waals surface area contributed by atoms with E-state index in [1.54, 1.807) is 0 Å². The molecule has 0 bridgehead atoms. The van der Waals surface area contributed by atoms with Crippen molar-refractivity contribution in [1.29, 1.82) is 0 Å². The maximum absolute atomic E-state index is 5.17. The van der Waals surface area contributed by atoms with Crippen LogP contribution in [-0.4, -0.2) is 9.55 Å². The van der Waals surface area contributed by atoms with Gasteiger partial charge in [0.05, 0.1) is 21.3 Å². The Bertz CT molecular complexity index is 2060. The summed E-state index contributed by atoms with van der Waals surface area (Å²) < 4.78 is 6.30. The number of thiophene rings is 1. The zero-order valence-electron chi connectivity index (χ0n) is 18.6. The van der Waals surface area contributed by atoms with Crippen LogP contribution in [-0.2, 0) is 0 Å². The zero-order valence-corrected chi connectivity index (χ0v) is 20.2. The number of hydrogen-bond acceptors (Lipinski definition) is 3. The van der Waals surface area contributed by atoms with Crippen LogP contribution in [0.1, 0.15) is 0 Å². The first-order valence-electron chi connectivity index (χ1n) is 11.7. The highest BCUT2D eigenvalue weighted by atomic mass is 32.1. The molecule has 0 aliphatic carbocycles. The summed E-state index contributed by atoms with van der Waals surface area (Å²) in [5, 5.41) is 6.26. The molecule has 5 aromatic carbocycles. The van der Waals surface area contributed by atoms with E-state index < -0.39 is 0 Å². The Kier molecular flexibility index (Phi) is 4.01. The Balaban J connectivity index is 1.47. The second kappa shape index (κ2) is 7.25. The van der Waals surface area contributed by atoms with Crippen LogP contribution < -0.4 is 0 Å². The molecule has 3 heterocycles. The molecule has 0 saturated carbocycles. The molecule has 0 spiro atoms. The van der Waals surface area contributed by atoms with Crippen molar-refractivity contribution < 1.29 is 0 Å². The highest BCUT2D eigenvalue weighted by Crippen LogP contribution is 2.44. The van der Waals surface area contributed by atoms with Crippen LogP contribution in [0.3, 0.4) is 0 Å². The number of benzene rings is 5. The Morgan fingerprint density at radius 3 is 2.23 bits per heavy atom. The molecule has 0 radical (unpaired) electrons. The largest absolute Gasteiger partial charge is 0.309 e. The zero-order chi connectivity index (χ0) is 22.9. The average molecular weight is 483 g/mol. The highest BCUT2D eigenvalue weighted by Gasteiger charge is 2.19. The molecule has 164 valence electrons. The fraction of sp³-hybridized carbons (Fsp3) is 0. The maximum Gasteiger partial charge on any atom is 0.125 e. The molecule has 0 saturated heterocycles. The first kappa shape index (κ1) is 19.3. The van der Waals surface area contributed by atoms with Crippen LogP contribution in [0.15, 0.2) is 109 Å². The predicted molar refractivity (Wildman–Crippen MR) is 152 cm³/mol. The average Bonchev–Trinajstić information content (AvgIpc) is 3.60. The molecular formula is C31H18N2S2. The van der Waals surface area contributed by atoms with E-state index in [-0.39, 0.29) is 0 Å². The van der Waals surface area contributed by atoms with E-state index in [0.717, 1.165) is 10.5 Å². The minimum absolute atomic E-state index is 1.07. The number of fused-ring (bicyclic) bond motifs is 8. The Labute approximate surface area is 209 Å². The summed E-state index contributed by atoms with van der Waals surface area (Å²) in [5.41, 5.74) is 5.87. The van der Waals surface area contributed by atoms with Gasteiger partial charge in [-0.1, -0.05) is 66.7 Å². The summed E-state index contributed by atoms with van der Waals surface area (Å²) in [6.07, 6.45) is 0. The van der Waals surface area contributed by atoms with Gasteiger partial charge in [-0.3, -0.25) is 0 Å². The number of nitrogens with zero attached hydrogens (tertiary/aromatic N) is 2. The number of para-hydroxylation sites is 2. The summed E-state index contributed by atoms with van der Waals surface area (Å²) in [6.45, 7) is 0. The van der Waals surface area contributed by atoms with Crippen molar-refractivity contribution in [2.45, 2.75) is 0 Å². The summed E-state index contributed by atoms with van der Waals surface area (Å²) in [4.78, 5) is 5.17. The first-order valence-corrected chi connectivity index (χ1v) is 13.3. The molecule has 0 unspecified atom stereocenters. The molecule has 0 fully saturated rings. The van der Waals surface area contributed by atoms with Crippen LogP contribution >= 0.6 is 22.7 Å². The Morgan fingerprint density at radius 2 is 1.31 bits per heavy atom. The predicted octanol–water partition coefficient (Wildman–Crippen LogP) is 9.43. The quantitative estimate of drug-likeness (QED) is 0.240. The van der Waals surface area contributed by atoms with Gasteiger partial charge in [0.25, 0.3) is 0 Å². The molecular weight excluding hydrogens is 464 g/mol. The number of rotatable bonds is 2. The second-order valence-electron chi connectivity index (χ2n) is 8.79. The van der Waals surface area contributed by atoms with E-state index in [9.17, 15) is 0 Å². The van der Waals surface area contributed by atoms with Gasteiger partial charge in [0, 0.05) is 42.2 Å². The summed E-state index contributed by atoms with van der Waals surface area (Å²) in [5.74, 6) is 0. The molecule has 35 heavy (non-hydrogen) atoms. The fourth-order valence-electron chi connectivity index (χ4n) is 5.36. The van der Waals surface area contributed by atoms with Gasteiger partial charge in [-0.2, -0.15) is 0 Å². The van der Waals surface area contributed by atoms with Gasteiger partial charge in [0.1, 0.15) is 5.01 Å². The first-order chi connectivity index (χ1) is 17.4.